The van der Waals surface area contributed by atoms with Gasteiger partial charge in [-0.25, -0.2) is 0 Å². The van der Waals surface area contributed by atoms with Crippen molar-refractivity contribution in [3.63, 3.8) is 0 Å². The van der Waals surface area contributed by atoms with Crippen LogP contribution in [-0.2, 0) is 14.3 Å². The first kappa shape index (κ1) is 10.5. The molecular formula is C11H17NO3. The number of fused-ring (bicyclic) bond motifs is 2. The first-order valence-corrected chi connectivity index (χ1v) is 5.54. The largest absolute Gasteiger partial charge is 0.469 e. The van der Waals surface area contributed by atoms with Crippen LogP contribution >= 0.6 is 0 Å². The molecule has 0 aromatic heterocycles. The number of carbonyl (C=O) groups excluding carboxylic acids is 2. The minimum Gasteiger partial charge on any atom is -0.469 e. The van der Waals surface area contributed by atoms with Crippen molar-refractivity contribution in [2.24, 2.45) is 11.8 Å². The Morgan fingerprint density at radius 2 is 2.27 bits per heavy atom. The normalized spacial score (nSPS) is 34.4. The van der Waals surface area contributed by atoms with E-state index in [1.54, 1.807) is 0 Å². The van der Waals surface area contributed by atoms with Gasteiger partial charge in [-0.3, -0.25) is 9.59 Å². The Morgan fingerprint density at radius 3 is 2.87 bits per heavy atom. The van der Waals surface area contributed by atoms with E-state index < -0.39 is 0 Å². The molecule has 1 aliphatic heterocycles. The molecule has 15 heavy (non-hydrogen) atoms. The fourth-order valence-corrected chi connectivity index (χ4v) is 2.99. The standard InChI is InChI=1S/C11H17NO3/c1-3-12-9-5-7(6-10(12)13)4-8(9)11(14)15-2/h7-9H,3-6H2,1-2H3/t7-,8-,9-/m0/s1. The highest BCUT2D eigenvalue weighted by Crippen LogP contribution is 2.41. The number of piperidine rings is 1. The van der Waals surface area contributed by atoms with Crippen LogP contribution in [-0.4, -0.2) is 36.5 Å². The highest BCUT2D eigenvalue weighted by atomic mass is 16.5. The van der Waals surface area contributed by atoms with Crippen LogP contribution in [0.2, 0.25) is 0 Å². The summed E-state index contributed by atoms with van der Waals surface area (Å²) in [6.45, 7) is 2.66. The Bertz CT molecular complexity index is 290. The second kappa shape index (κ2) is 3.83. The van der Waals surface area contributed by atoms with E-state index in [1.165, 1.54) is 7.11 Å². The van der Waals surface area contributed by atoms with Crippen LogP contribution in [0.1, 0.15) is 26.2 Å². The molecule has 2 fully saturated rings. The van der Waals surface area contributed by atoms with Gasteiger partial charge in [-0.05, 0) is 25.7 Å². The third kappa shape index (κ3) is 1.62. The van der Waals surface area contributed by atoms with E-state index in [4.69, 9.17) is 4.74 Å². The van der Waals surface area contributed by atoms with Crippen LogP contribution in [0.3, 0.4) is 0 Å². The van der Waals surface area contributed by atoms with Crippen LogP contribution in [0, 0.1) is 11.8 Å². The molecule has 0 N–H and O–H groups in total. The SMILES string of the molecule is CCN1C(=O)C[C@H]2C[C@H](C(=O)OC)[C@@H]1C2. The fourth-order valence-electron chi connectivity index (χ4n) is 2.99. The third-order valence-corrected chi connectivity index (χ3v) is 3.66. The lowest BCUT2D eigenvalue weighted by Gasteiger charge is -2.33. The van der Waals surface area contributed by atoms with Gasteiger partial charge in [0.25, 0.3) is 0 Å². The fraction of sp³-hybridized carbons (Fsp3) is 0.818. The maximum absolute atomic E-state index is 11.7. The molecule has 1 heterocycles. The zero-order chi connectivity index (χ0) is 11.0. The number of esters is 1. The lowest BCUT2D eigenvalue weighted by atomic mass is 9.98. The zero-order valence-corrected chi connectivity index (χ0v) is 9.23. The van der Waals surface area contributed by atoms with Crippen LogP contribution in [0.5, 0.6) is 0 Å². The molecule has 2 bridgehead atoms. The molecule has 0 unspecified atom stereocenters. The van der Waals surface area contributed by atoms with E-state index in [1.807, 2.05) is 11.8 Å². The topological polar surface area (TPSA) is 46.6 Å². The summed E-state index contributed by atoms with van der Waals surface area (Å²) >= 11 is 0. The molecule has 1 saturated carbocycles. The minimum atomic E-state index is -0.157. The molecule has 4 nitrogen and oxygen atoms in total. The highest BCUT2D eigenvalue weighted by Gasteiger charge is 2.47. The second-order valence-electron chi connectivity index (χ2n) is 4.42. The van der Waals surface area contributed by atoms with Gasteiger partial charge in [0.05, 0.1) is 13.0 Å². The van der Waals surface area contributed by atoms with Gasteiger partial charge in [-0.1, -0.05) is 0 Å². The van der Waals surface area contributed by atoms with E-state index in [0.29, 0.717) is 18.9 Å². The van der Waals surface area contributed by atoms with Crippen molar-refractivity contribution in [1.82, 2.24) is 4.90 Å². The van der Waals surface area contributed by atoms with Gasteiger partial charge in [0, 0.05) is 19.0 Å². The number of nitrogens with zero attached hydrogens (tertiary/aromatic N) is 1. The molecule has 2 aliphatic rings. The first-order valence-electron chi connectivity index (χ1n) is 5.54. The molecule has 1 amide bonds. The first-order chi connectivity index (χ1) is 7.17. The lowest BCUT2D eigenvalue weighted by Crippen LogP contribution is -2.46. The Balaban J connectivity index is 2.18. The van der Waals surface area contributed by atoms with Crippen molar-refractivity contribution in [2.45, 2.75) is 32.2 Å². The minimum absolute atomic E-state index is 0.0913. The molecule has 0 radical (unpaired) electrons. The number of methoxy groups -OCH3 is 1. The van der Waals surface area contributed by atoms with E-state index in [-0.39, 0.29) is 23.8 Å². The summed E-state index contributed by atoms with van der Waals surface area (Å²) in [6, 6.07) is 0.0914. The molecule has 0 aromatic carbocycles. The summed E-state index contributed by atoms with van der Waals surface area (Å²) in [5.41, 5.74) is 0. The number of rotatable bonds is 2. The van der Waals surface area contributed by atoms with E-state index >= 15 is 0 Å². The van der Waals surface area contributed by atoms with Crippen LogP contribution < -0.4 is 0 Å². The maximum atomic E-state index is 11.7. The molecule has 3 atom stereocenters. The summed E-state index contributed by atoms with van der Waals surface area (Å²) < 4.78 is 4.79. The summed E-state index contributed by atoms with van der Waals surface area (Å²) in [5, 5.41) is 0. The van der Waals surface area contributed by atoms with Gasteiger partial charge in [-0.15, -0.1) is 0 Å². The van der Waals surface area contributed by atoms with E-state index in [9.17, 15) is 9.59 Å². The number of hydrogen-bond donors (Lipinski definition) is 0. The summed E-state index contributed by atoms with van der Waals surface area (Å²) in [7, 11) is 1.42. The predicted molar refractivity (Wildman–Crippen MR) is 54.0 cm³/mol. The Labute approximate surface area is 89.6 Å². The predicted octanol–water partition coefficient (Wildman–Crippen LogP) is 0.806. The zero-order valence-electron chi connectivity index (χ0n) is 9.23. The number of hydrogen-bond acceptors (Lipinski definition) is 3. The van der Waals surface area contributed by atoms with Crippen LogP contribution in [0.25, 0.3) is 0 Å². The van der Waals surface area contributed by atoms with Crippen molar-refractivity contribution >= 4 is 11.9 Å². The number of amides is 1. The van der Waals surface area contributed by atoms with Crippen molar-refractivity contribution < 1.29 is 14.3 Å². The summed E-state index contributed by atoms with van der Waals surface area (Å²) in [4.78, 5) is 25.1. The molecular weight excluding hydrogens is 194 g/mol. The molecule has 84 valence electrons. The number of likely N-dealkylation sites (tertiary alicyclic amines) is 1. The van der Waals surface area contributed by atoms with Crippen LogP contribution in [0.4, 0.5) is 0 Å². The quantitative estimate of drug-likeness (QED) is 0.635. The lowest BCUT2D eigenvalue weighted by molar-refractivity contribution is -0.148. The van der Waals surface area contributed by atoms with Gasteiger partial charge in [0.2, 0.25) is 5.91 Å². The highest BCUT2D eigenvalue weighted by molar-refractivity contribution is 5.81. The van der Waals surface area contributed by atoms with E-state index in [2.05, 4.69) is 0 Å². The van der Waals surface area contributed by atoms with E-state index in [0.717, 1.165) is 12.8 Å². The maximum Gasteiger partial charge on any atom is 0.310 e. The third-order valence-electron chi connectivity index (χ3n) is 3.66. The Morgan fingerprint density at radius 1 is 1.53 bits per heavy atom. The molecule has 1 saturated heterocycles. The van der Waals surface area contributed by atoms with Crippen LogP contribution in [0.15, 0.2) is 0 Å². The average Bonchev–Trinajstić information content (AvgIpc) is 2.56. The van der Waals surface area contributed by atoms with Gasteiger partial charge >= 0.3 is 5.97 Å². The molecule has 4 heteroatoms. The van der Waals surface area contributed by atoms with Crippen molar-refractivity contribution in [2.75, 3.05) is 13.7 Å². The number of carbonyl (C=O) groups is 2. The molecule has 1 aliphatic carbocycles. The van der Waals surface area contributed by atoms with Gasteiger partial charge in [0.15, 0.2) is 0 Å². The summed E-state index contributed by atoms with van der Waals surface area (Å²) in [5.74, 6) is 0.349. The molecule has 0 spiro atoms. The Kier molecular flexibility index (Phi) is 2.67. The van der Waals surface area contributed by atoms with Crippen molar-refractivity contribution in [3.05, 3.63) is 0 Å². The number of ether oxygens (including phenoxy) is 1. The van der Waals surface area contributed by atoms with Crippen molar-refractivity contribution in [1.29, 1.82) is 0 Å². The van der Waals surface area contributed by atoms with Gasteiger partial charge in [0.1, 0.15) is 0 Å². The van der Waals surface area contributed by atoms with Crippen molar-refractivity contribution in [3.8, 4) is 0 Å². The Hall–Kier alpha value is -1.06. The monoisotopic (exact) mass is 211 g/mol. The second-order valence-corrected chi connectivity index (χ2v) is 4.42. The van der Waals surface area contributed by atoms with Gasteiger partial charge in [-0.2, -0.15) is 0 Å². The summed E-state index contributed by atoms with van der Waals surface area (Å²) in [6.07, 6.45) is 2.40. The molecule has 2 rings (SSSR count). The average molecular weight is 211 g/mol. The molecule has 0 aromatic rings. The smallest absolute Gasteiger partial charge is 0.310 e. The van der Waals surface area contributed by atoms with Gasteiger partial charge < -0.3 is 9.64 Å².